The van der Waals surface area contributed by atoms with E-state index in [1.165, 1.54) is 32.7 Å². The Balaban J connectivity index is 1.69. The highest BCUT2D eigenvalue weighted by atomic mass is 16.2. The lowest BCUT2D eigenvalue weighted by atomic mass is 9.96. The van der Waals surface area contributed by atoms with Crippen LogP contribution in [-0.4, -0.2) is 80.6 Å². The van der Waals surface area contributed by atoms with E-state index in [1.54, 1.807) is 7.05 Å². The van der Waals surface area contributed by atoms with Crippen LogP contribution in [0, 0.1) is 5.92 Å². The minimum absolute atomic E-state index is 0.0769. The second kappa shape index (κ2) is 6.38. The van der Waals surface area contributed by atoms with Crippen LogP contribution in [0.3, 0.4) is 0 Å². The molecule has 0 aliphatic carbocycles. The molecule has 0 aromatic carbocycles. The van der Waals surface area contributed by atoms with Gasteiger partial charge in [-0.3, -0.25) is 0 Å². The minimum Gasteiger partial charge on any atom is -0.341 e. The molecule has 0 aromatic heterocycles. The molecule has 0 unspecified atom stereocenters. The molecule has 2 aliphatic heterocycles. The van der Waals surface area contributed by atoms with E-state index in [4.69, 9.17) is 0 Å². The van der Waals surface area contributed by atoms with E-state index >= 15 is 0 Å². The zero-order valence-corrected chi connectivity index (χ0v) is 11.7. The Labute approximate surface area is 110 Å². The molecule has 2 fully saturated rings. The van der Waals surface area contributed by atoms with Gasteiger partial charge in [-0.05, 0) is 25.8 Å². The highest BCUT2D eigenvalue weighted by molar-refractivity contribution is 5.73. The van der Waals surface area contributed by atoms with E-state index < -0.39 is 0 Å². The predicted octanol–water partition coefficient (Wildman–Crippen LogP) is 0.285. The smallest absolute Gasteiger partial charge is 0.317 e. The van der Waals surface area contributed by atoms with Crippen LogP contribution in [0.5, 0.6) is 0 Å². The molecule has 5 nitrogen and oxygen atoms in total. The van der Waals surface area contributed by atoms with Crippen molar-refractivity contribution in [2.75, 3.05) is 59.9 Å². The summed E-state index contributed by atoms with van der Waals surface area (Å²) in [7, 11) is 3.90. The first-order valence-electron chi connectivity index (χ1n) is 7.06. The number of amides is 2. The zero-order valence-electron chi connectivity index (χ0n) is 11.7. The number of rotatable bonds is 2. The van der Waals surface area contributed by atoms with E-state index in [0.29, 0.717) is 0 Å². The second-order valence-corrected chi connectivity index (χ2v) is 5.59. The number of nitrogens with zero attached hydrogens (tertiary/aromatic N) is 3. The topological polar surface area (TPSA) is 38.8 Å². The van der Waals surface area contributed by atoms with Crippen LogP contribution < -0.4 is 5.32 Å². The number of likely N-dealkylation sites (N-methyl/N-ethyl adjacent to an activating group) is 1. The van der Waals surface area contributed by atoms with Crippen molar-refractivity contribution in [2.24, 2.45) is 5.92 Å². The van der Waals surface area contributed by atoms with Crippen molar-refractivity contribution in [1.29, 1.82) is 0 Å². The van der Waals surface area contributed by atoms with Gasteiger partial charge in [0.15, 0.2) is 0 Å². The van der Waals surface area contributed by atoms with Crippen LogP contribution in [0.2, 0.25) is 0 Å². The SMILES string of the molecule is CNC(=O)N1CCC(CN2CCN(C)CC2)CC1. The molecular formula is C13H26N4O. The summed E-state index contributed by atoms with van der Waals surface area (Å²) in [6.45, 7) is 7.83. The number of likely N-dealkylation sites (tertiary alicyclic amines) is 1. The molecule has 2 rings (SSSR count). The average molecular weight is 254 g/mol. The van der Waals surface area contributed by atoms with Gasteiger partial charge in [0.1, 0.15) is 0 Å². The maximum Gasteiger partial charge on any atom is 0.317 e. The lowest BCUT2D eigenvalue weighted by Crippen LogP contribution is -2.48. The summed E-state index contributed by atoms with van der Waals surface area (Å²) < 4.78 is 0. The van der Waals surface area contributed by atoms with Crippen molar-refractivity contribution in [3.05, 3.63) is 0 Å². The Hall–Kier alpha value is -0.810. The Bertz CT molecular complexity index is 268. The predicted molar refractivity (Wildman–Crippen MR) is 72.7 cm³/mol. The highest BCUT2D eigenvalue weighted by Crippen LogP contribution is 2.19. The summed E-state index contributed by atoms with van der Waals surface area (Å²) >= 11 is 0. The molecule has 0 atom stereocenters. The van der Waals surface area contributed by atoms with Gasteiger partial charge in [-0.2, -0.15) is 0 Å². The van der Waals surface area contributed by atoms with E-state index in [1.807, 2.05) is 4.90 Å². The Kier molecular flexibility index (Phi) is 4.83. The van der Waals surface area contributed by atoms with Gasteiger partial charge in [-0.15, -0.1) is 0 Å². The van der Waals surface area contributed by atoms with E-state index in [9.17, 15) is 4.79 Å². The molecule has 2 heterocycles. The summed E-state index contributed by atoms with van der Waals surface area (Å²) in [6.07, 6.45) is 2.31. The summed E-state index contributed by atoms with van der Waals surface area (Å²) in [5.74, 6) is 0.773. The largest absolute Gasteiger partial charge is 0.341 e. The Morgan fingerprint density at radius 3 is 2.28 bits per heavy atom. The van der Waals surface area contributed by atoms with Crippen LogP contribution >= 0.6 is 0 Å². The molecule has 2 saturated heterocycles. The highest BCUT2D eigenvalue weighted by Gasteiger charge is 2.24. The van der Waals surface area contributed by atoms with Gasteiger partial charge in [0.05, 0.1) is 0 Å². The fourth-order valence-corrected chi connectivity index (χ4v) is 2.87. The number of hydrogen-bond donors (Lipinski definition) is 1. The summed E-state index contributed by atoms with van der Waals surface area (Å²) in [6, 6.07) is 0.0769. The van der Waals surface area contributed by atoms with Crippen LogP contribution in [0.1, 0.15) is 12.8 Å². The van der Waals surface area contributed by atoms with Gasteiger partial charge in [-0.1, -0.05) is 0 Å². The summed E-state index contributed by atoms with van der Waals surface area (Å²) in [4.78, 5) is 18.4. The van der Waals surface area contributed by atoms with E-state index in [0.717, 1.165) is 31.8 Å². The fraction of sp³-hybridized carbons (Fsp3) is 0.923. The number of urea groups is 1. The van der Waals surface area contributed by atoms with Crippen molar-refractivity contribution in [3.63, 3.8) is 0 Å². The van der Waals surface area contributed by atoms with Crippen molar-refractivity contribution >= 4 is 6.03 Å². The third kappa shape index (κ3) is 3.59. The first-order valence-corrected chi connectivity index (χ1v) is 7.06. The van der Waals surface area contributed by atoms with Crippen molar-refractivity contribution < 1.29 is 4.79 Å². The number of carbonyl (C=O) groups excluding carboxylic acids is 1. The maximum absolute atomic E-state index is 11.5. The Morgan fingerprint density at radius 2 is 1.72 bits per heavy atom. The number of nitrogens with one attached hydrogen (secondary N) is 1. The van der Waals surface area contributed by atoms with Crippen LogP contribution in [0.4, 0.5) is 4.79 Å². The van der Waals surface area contributed by atoms with Gasteiger partial charge in [-0.25, -0.2) is 4.79 Å². The molecule has 0 spiro atoms. The van der Waals surface area contributed by atoms with Gasteiger partial charge < -0.3 is 20.0 Å². The standard InChI is InChI=1S/C13H26N4O/c1-14-13(18)17-5-3-12(4-6-17)11-16-9-7-15(2)8-10-16/h12H,3-11H2,1-2H3,(H,14,18). The van der Waals surface area contributed by atoms with Crippen molar-refractivity contribution in [3.8, 4) is 0 Å². The van der Waals surface area contributed by atoms with Crippen LogP contribution in [0.15, 0.2) is 0 Å². The zero-order chi connectivity index (χ0) is 13.0. The Morgan fingerprint density at radius 1 is 1.11 bits per heavy atom. The molecular weight excluding hydrogens is 228 g/mol. The molecule has 2 amide bonds. The van der Waals surface area contributed by atoms with Crippen molar-refractivity contribution in [1.82, 2.24) is 20.0 Å². The van der Waals surface area contributed by atoms with Gasteiger partial charge in [0, 0.05) is 52.9 Å². The molecule has 2 aliphatic rings. The minimum atomic E-state index is 0.0769. The van der Waals surface area contributed by atoms with E-state index in [-0.39, 0.29) is 6.03 Å². The maximum atomic E-state index is 11.5. The average Bonchev–Trinajstić information content (AvgIpc) is 2.41. The normalized spacial score (nSPS) is 24.2. The first-order chi connectivity index (χ1) is 8.69. The molecule has 0 saturated carbocycles. The van der Waals surface area contributed by atoms with Crippen molar-refractivity contribution in [2.45, 2.75) is 12.8 Å². The van der Waals surface area contributed by atoms with Gasteiger partial charge >= 0.3 is 6.03 Å². The third-order valence-corrected chi connectivity index (χ3v) is 4.23. The molecule has 0 bridgehead atoms. The molecule has 104 valence electrons. The first kappa shape index (κ1) is 13.6. The fourth-order valence-electron chi connectivity index (χ4n) is 2.87. The molecule has 1 N–H and O–H groups in total. The van der Waals surface area contributed by atoms with Gasteiger partial charge in [0.25, 0.3) is 0 Å². The van der Waals surface area contributed by atoms with Gasteiger partial charge in [0.2, 0.25) is 0 Å². The molecule has 0 radical (unpaired) electrons. The second-order valence-electron chi connectivity index (χ2n) is 5.59. The van der Waals surface area contributed by atoms with Crippen LogP contribution in [-0.2, 0) is 0 Å². The summed E-state index contributed by atoms with van der Waals surface area (Å²) in [5, 5.41) is 2.71. The lowest BCUT2D eigenvalue weighted by Gasteiger charge is -2.37. The lowest BCUT2D eigenvalue weighted by molar-refractivity contribution is 0.111. The molecule has 18 heavy (non-hydrogen) atoms. The number of piperazine rings is 1. The number of piperidine rings is 1. The third-order valence-electron chi connectivity index (χ3n) is 4.23. The number of hydrogen-bond acceptors (Lipinski definition) is 3. The quantitative estimate of drug-likeness (QED) is 0.769. The number of carbonyl (C=O) groups is 1. The molecule has 0 aromatic rings. The van der Waals surface area contributed by atoms with E-state index in [2.05, 4.69) is 22.2 Å². The van der Waals surface area contributed by atoms with Crippen LogP contribution in [0.25, 0.3) is 0 Å². The molecule has 5 heteroatoms. The monoisotopic (exact) mass is 254 g/mol. The summed E-state index contributed by atoms with van der Waals surface area (Å²) in [5.41, 5.74) is 0.